The molecule has 0 amide bonds. The number of carbonyl (C=O) groups excluding carboxylic acids is 1. The highest BCUT2D eigenvalue weighted by molar-refractivity contribution is 5.91. The minimum absolute atomic E-state index is 0.132. The van der Waals surface area contributed by atoms with Crippen molar-refractivity contribution in [2.75, 3.05) is 6.61 Å². The van der Waals surface area contributed by atoms with Gasteiger partial charge in [-0.15, -0.1) is 0 Å². The van der Waals surface area contributed by atoms with Crippen LogP contribution in [-0.2, 0) is 9.53 Å². The SMILES string of the molecule is C[C@]12CC[C@H](O)C[C@H]1CCC1C2CC[C@]2(C)[C@@H](C3=CCOC3=O)CC[C@]12O. The van der Waals surface area contributed by atoms with Crippen LogP contribution in [0.3, 0.4) is 0 Å². The van der Waals surface area contributed by atoms with Crippen molar-refractivity contribution in [1.82, 2.24) is 0 Å². The summed E-state index contributed by atoms with van der Waals surface area (Å²) in [4.78, 5) is 12.2. The summed E-state index contributed by atoms with van der Waals surface area (Å²) in [6, 6.07) is 0. The summed E-state index contributed by atoms with van der Waals surface area (Å²) in [5, 5.41) is 22.3. The van der Waals surface area contributed by atoms with Crippen LogP contribution in [0, 0.1) is 34.5 Å². The molecule has 27 heavy (non-hydrogen) atoms. The molecule has 2 unspecified atom stereocenters. The van der Waals surface area contributed by atoms with Crippen LogP contribution in [0.1, 0.15) is 71.6 Å². The molecule has 4 saturated carbocycles. The largest absolute Gasteiger partial charge is 0.458 e. The van der Waals surface area contributed by atoms with Gasteiger partial charge in [0.1, 0.15) is 6.61 Å². The molecule has 0 aromatic heterocycles. The molecule has 4 nitrogen and oxygen atoms in total. The quantitative estimate of drug-likeness (QED) is 0.688. The highest BCUT2D eigenvalue weighted by atomic mass is 16.5. The lowest BCUT2D eigenvalue weighted by molar-refractivity contribution is -0.208. The molecule has 1 aliphatic heterocycles. The Morgan fingerprint density at radius 2 is 1.85 bits per heavy atom. The molecule has 0 saturated heterocycles. The standard InChI is InChI=1S/C23H34O4/c1-21-9-5-15(24)13-14(21)3-4-19-18(21)6-10-22(2)17(7-11-23(19,22)26)16-8-12-27-20(16)25/h8,14-15,17-19,24,26H,3-7,9-13H2,1-2H3/t14-,15+,17-,18?,19?,21+,22-,23+/m1/s1. The van der Waals surface area contributed by atoms with Gasteiger partial charge in [0.2, 0.25) is 0 Å². The molecule has 1 heterocycles. The van der Waals surface area contributed by atoms with E-state index in [4.69, 9.17) is 4.74 Å². The third-order valence-corrected chi connectivity index (χ3v) is 9.95. The second-order valence-corrected chi connectivity index (χ2v) is 10.7. The van der Waals surface area contributed by atoms with E-state index in [0.29, 0.717) is 24.4 Å². The van der Waals surface area contributed by atoms with Crippen LogP contribution in [-0.4, -0.2) is 34.5 Å². The van der Waals surface area contributed by atoms with Gasteiger partial charge in [0, 0.05) is 11.0 Å². The minimum Gasteiger partial charge on any atom is -0.458 e. The van der Waals surface area contributed by atoms with E-state index in [1.54, 1.807) is 0 Å². The maximum absolute atomic E-state index is 12.2. The topological polar surface area (TPSA) is 66.8 Å². The predicted octanol–water partition coefficient (Wildman–Crippen LogP) is 3.60. The number of carbonyl (C=O) groups is 1. The molecule has 0 aromatic carbocycles. The molecule has 4 aliphatic carbocycles. The lowest BCUT2D eigenvalue weighted by Gasteiger charge is -2.63. The fraction of sp³-hybridized carbons (Fsp3) is 0.870. The number of hydrogen-bond donors (Lipinski definition) is 2. The first-order valence-electron chi connectivity index (χ1n) is 11.1. The van der Waals surface area contributed by atoms with E-state index in [0.717, 1.165) is 63.4 Å². The fourth-order valence-electron chi connectivity index (χ4n) is 8.36. The van der Waals surface area contributed by atoms with E-state index in [1.165, 1.54) is 0 Å². The van der Waals surface area contributed by atoms with E-state index in [9.17, 15) is 15.0 Å². The van der Waals surface area contributed by atoms with Crippen LogP contribution in [0.5, 0.6) is 0 Å². The van der Waals surface area contributed by atoms with Crippen molar-refractivity contribution in [3.05, 3.63) is 11.6 Å². The molecule has 0 bridgehead atoms. The summed E-state index contributed by atoms with van der Waals surface area (Å²) in [6.45, 7) is 5.08. The lowest BCUT2D eigenvalue weighted by Crippen LogP contribution is -2.62. The predicted molar refractivity (Wildman–Crippen MR) is 102 cm³/mol. The summed E-state index contributed by atoms with van der Waals surface area (Å²) in [5.41, 5.74) is 0.185. The molecule has 0 radical (unpaired) electrons. The number of rotatable bonds is 1. The Morgan fingerprint density at radius 1 is 1.04 bits per heavy atom. The molecule has 0 aromatic rings. The lowest BCUT2D eigenvalue weighted by atomic mass is 9.43. The zero-order valence-corrected chi connectivity index (χ0v) is 16.7. The Kier molecular flexibility index (Phi) is 3.92. The molecule has 150 valence electrons. The Balaban J connectivity index is 1.48. The van der Waals surface area contributed by atoms with Crippen LogP contribution in [0.15, 0.2) is 11.6 Å². The van der Waals surface area contributed by atoms with Gasteiger partial charge in [-0.3, -0.25) is 0 Å². The maximum atomic E-state index is 12.2. The van der Waals surface area contributed by atoms with Gasteiger partial charge >= 0.3 is 5.97 Å². The summed E-state index contributed by atoms with van der Waals surface area (Å²) in [5.74, 6) is 1.45. The molecule has 2 N–H and O–H groups in total. The third kappa shape index (κ3) is 2.26. The van der Waals surface area contributed by atoms with Gasteiger partial charge < -0.3 is 14.9 Å². The average molecular weight is 375 g/mol. The van der Waals surface area contributed by atoms with E-state index >= 15 is 0 Å². The number of ether oxygens (including phenoxy) is 1. The first kappa shape index (κ1) is 18.2. The van der Waals surface area contributed by atoms with Crippen LogP contribution in [0.2, 0.25) is 0 Å². The number of cyclic esters (lactones) is 1. The number of aliphatic hydroxyl groups is 2. The molecule has 4 fully saturated rings. The van der Waals surface area contributed by atoms with E-state index in [2.05, 4.69) is 13.8 Å². The van der Waals surface area contributed by atoms with Gasteiger partial charge in [-0.1, -0.05) is 13.8 Å². The first-order chi connectivity index (χ1) is 12.8. The Hall–Kier alpha value is -0.870. The minimum atomic E-state index is -0.672. The number of hydrogen-bond acceptors (Lipinski definition) is 4. The molecule has 0 spiro atoms. The van der Waals surface area contributed by atoms with Gasteiger partial charge in [-0.25, -0.2) is 4.79 Å². The Labute approximate surface area is 162 Å². The van der Waals surface area contributed by atoms with Gasteiger partial charge in [-0.2, -0.15) is 0 Å². The zero-order valence-electron chi connectivity index (χ0n) is 16.7. The molecule has 8 atom stereocenters. The number of fused-ring (bicyclic) bond motifs is 5. The molecular formula is C23H34O4. The van der Waals surface area contributed by atoms with Crippen molar-refractivity contribution < 1.29 is 19.7 Å². The number of esters is 1. The van der Waals surface area contributed by atoms with Gasteiger partial charge in [-0.05, 0) is 93.0 Å². The smallest absolute Gasteiger partial charge is 0.334 e. The first-order valence-corrected chi connectivity index (χ1v) is 11.1. The number of aliphatic hydroxyl groups excluding tert-OH is 1. The molecular weight excluding hydrogens is 340 g/mol. The highest BCUT2D eigenvalue weighted by Crippen LogP contribution is 2.69. The molecule has 5 aliphatic rings. The monoisotopic (exact) mass is 374 g/mol. The van der Waals surface area contributed by atoms with Crippen LogP contribution < -0.4 is 0 Å². The van der Waals surface area contributed by atoms with Crippen LogP contribution in [0.4, 0.5) is 0 Å². The Morgan fingerprint density at radius 3 is 2.59 bits per heavy atom. The van der Waals surface area contributed by atoms with E-state index in [-0.39, 0.29) is 28.8 Å². The zero-order chi connectivity index (χ0) is 19.0. The van der Waals surface area contributed by atoms with Crippen molar-refractivity contribution in [2.24, 2.45) is 34.5 Å². The van der Waals surface area contributed by atoms with E-state index < -0.39 is 5.60 Å². The highest BCUT2D eigenvalue weighted by Gasteiger charge is 2.68. The summed E-state index contributed by atoms with van der Waals surface area (Å²) in [7, 11) is 0. The summed E-state index contributed by atoms with van der Waals surface area (Å²) in [6.07, 6.45) is 10.8. The molecule has 4 heteroatoms. The fourth-order valence-corrected chi connectivity index (χ4v) is 8.36. The second-order valence-electron chi connectivity index (χ2n) is 10.7. The summed E-state index contributed by atoms with van der Waals surface area (Å²) < 4.78 is 5.20. The van der Waals surface area contributed by atoms with Crippen molar-refractivity contribution in [1.29, 1.82) is 0 Å². The van der Waals surface area contributed by atoms with Crippen LogP contribution >= 0.6 is 0 Å². The Bertz CT molecular complexity index is 686. The second kappa shape index (κ2) is 5.82. The van der Waals surface area contributed by atoms with Crippen molar-refractivity contribution in [2.45, 2.75) is 83.3 Å². The van der Waals surface area contributed by atoms with Crippen molar-refractivity contribution in [3.8, 4) is 0 Å². The van der Waals surface area contributed by atoms with Gasteiger partial charge in [0.25, 0.3) is 0 Å². The average Bonchev–Trinajstić information content (AvgIpc) is 3.16. The third-order valence-electron chi connectivity index (χ3n) is 9.95. The van der Waals surface area contributed by atoms with Crippen molar-refractivity contribution in [3.63, 3.8) is 0 Å². The van der Waals surface area contributed by atoms with Gasteiger partial charge in [0.15, 0.2) is 0 Å². The normalized spacial score (nSPS) is 54.6. The van der Waals surface area contributed by atoms with Crippen molar-refractivity contribution >= 4 is 5.97 Å². The van der Waals surface area contributed by atoms with Gasteiger partial charge in [0.05, 0.1) is 11.7 Å². The van der Waals surface area contributed by atoms with Crippen LogP contribution in [0.25, 0.3) is 0 Å². The maximum Gasteiger partial charge on any atom is 0.334 e. The molecule has 5 rings (SSSR count). The van der Waals surface area contributed by atoms with E-state index in [1.807, 2.05) is 6.08 Å². The summed E-state index contributed by atoms with van der Waals surface area (Å²) >= 11 is 0.